The zero-order valence-electron chi connectivity index (χ0n) is 38.9. The van der Waals surface area contributed by atoms with E-state index in [0.29, 0.717) is 71.4 Å². The Hall–Kier alpha value is -1.31. The van der Waals surface area contributed by atoms with E-state index in [2.05, 4.69) is 34.6 Å². The van der Waals surface area contributed by atoms with E-state index in [1.54, 1.807) is 0 Å². The third-order valence-corrected chi connectivity index (χ3v) is 23.9. The minimum absolute atomic E-state index is 0. The molecule has 11 rings (SSSR count). The quantitative estimate of drug-likeness (QED) is 0.215. The number of rotatable bonds is 3. The minimum atomic E-state index is -0.733. The van der Waals surface area contributed by atoms with Crippen molar-refractivity contribution in [3.63, 3.8) is 0 Å². The lowest BCUT2D eigenvalue weighted by Crippen LogP contribution is -2.66. The maximum absolute atomic E-state index is 13.2. The molecular weight excluding hydrogens is 761 g/mol. The average Bonchev–Trinajstić information content (AvgIpc) is 3.71. The van der Waals surface area contributed by atoms with E-state index in [0.717, 1.165) is 70.6 Å². The van der Waals surface area contributed by atoms with Crippen molar-refractivity contribution in [2.45, 2.75) is 234 Å². The predicted molar refractivity (Wildman–Crippen MR) is 238 cm³/mol. The van der Waals surface area contributed by atoms with Gasteiger partial charge in [-0.2, -0.15) is 0 Å². The number of aliphatic hydroxyl groups is 2. The average molecular weight is 847 g/mol. The van der Waals surface area contributed by atoms with Crippen LogP contribution < -0.4 is 0 Å². The molecule has 0 aromatic carbocycles. The van der Waals surface area contributed by atoms with Crippen molar-refractivity contribution in [2.75, 3.05) is 0 Å². The summed E-state index contributed by atoms with van der Waals surface area (Å²) in [6.07, 6.45) is 24.6. The fourth-order valence-electron chi connectivity index (χ4n) is 21.2. The van der Waals surface area contributed by atoms with Gasteiger partial charge in [-0.3, -0.25) is 14.4 Å². The molecule has 10 aliphatic carbocycles. The number of epoxide rings is 1. The number of esters is 1. The molecule has 20 unspecified atom stereocenters. The molecule has 11 fully saturated rings. The monoisotopic (exact) mass is 847 g/mol. The Morgan fingerprint density at radius 3 is 1.64 bits per heavy atom. The van der Waals surface area contributed by atoms with Crippen LogP contribution in [-0.4, -0.2) is 57.3 Å². The fourth-order valence-corrected chi connectivity index (χ4v) is 21.2. The van der Waals surface area contributed by atoms with E-state index in [-0.39, 0.29) is 69.6 Å². The Morgan fingerprint density at radius 2 is 1.10 bits per heavy atom. The highest BCUT2D eigenvalue weighted by atomic mass is 16.6. The molecule has 7 heteroatoms. The van der Waals surface area contributed by atoms with E-state index in [4.69, 9.17) is 9.47 Å². The maximum Gasteiger partial charge on any atom is 0.302 e. The number of carbonyl (C=O) groups excluding carboxylic acids is 3. The molecule has 7 nitrogen and oxygen atoms in total. The van der Waals surface area contributed by atoms with Crippen LogP contribution in [0.2, 0.25) is 0 Å². The molecule has 1 aliphatic heterocycles. The van der Waals surface area contributed by atoms with Gasteiger partial charge >= 0.3 is 5.97 Å². The van der Waals surface area contributed by atoms with E-state index in [9.17, 15) is 24.6 Å². The van der Waals surface area contributed by atoms with Gasteiger partial charge in [0.05, 0.1) is 17.8 Å². The second kappa shape index (κ2) is 14.6. The smallest absolute Gasteiger partial charge is 0.302 e. The summed E-state index contributed by atoms with van der Waals surface area (Å²) in [4.78, 5) is 38.0. The van der Waals surface area contributed by atoms with Gasteiger partial charge in [0.25, 0.3) is 0 Å². The van der Waals surface area contributed by atoms with Crippen LogP contribution in [-0.2, 0) is 23.9 Å². The molecule has 1 spiro atoms. The molecule has 0 aromatic heterocycles. The molecule has 0 radical (unpaired) electrons. The third kappa shape index (κ3) is 5.59. The van der Waals surface area contributed by atoms with E-state index < -0.39 is 5.60 Å². The van der Waals surface area contributed by atoms with Crippen molar-refractivity contribution >= 4 is 17.5 Å². The highest BCUT2D eigenvalue weighted by Gasteiger charge is 2.78. The predicted octanol–water partition coefficient (Wildman–Crippen LogP) is 11.2. The zero-order valence-corrected chi connectivity index (χ0v) is 38.9. The molecule has 20 atom stereocenters. The molecule has 61 heavy (non-hydrogen) atoms. The Bertz CT molecular complexity index is 1780. The topological polar surface area (TPSA) is 113 Å². The van der Waals surface area contributed by atoms with Gasteiger partial charge in [0.15, 0.2) is 0 Å². The van der Waals surface area contributed by atoms with Crippen molar-refractivity contribution in [3.05, 3.63) is 0 Å². The third-order valence-electron chi connectivity index (χ3n) is 23.9. The van der Waals surface area contributed by atoms with Crippen LogP contribution in [0.3, 0.4) is 0 Å². The lowest BCUT2D eigenvalue weighted by atomic mass is 9.40. The molecule has 0 bridgehead atoms. The summed E-state index contributed by atoms with van der Waals surface area (Å²) in [5, 5.41) is 22.2. The Balaban J connectivity index is 0.000000154. The normalized spacial score (nSPS) is 57.1. The van der Waals surface area contributed by atoms with Crippen molar-refractivity contribution in [1.29, 1.82) is 0 Å². The molecule has 344 valence electrons. The highest BCUT2D eigenvalue weighted by Crippen LogP contribution is 2.79. The molecule has 1 heterocycles. The van der Waals surface area contributed by atoms with Crippen LogP contribution in [0.1, 0.15) is 204 Å². The Morgan fingerprint density at radius 1 is 0.590 bits per heavy atom. The number of aliphatic hydroxyl groups excluding tert-OH is 1. The van der Waals surface area contributed by atoms with Gasteiger partial charge in [-0.05, 0) is 186 Å². The van der Waals surface area contributed by atoms with Crippen LogP contribution in [0.25, 0.3) is 0 Å². The van der Waals surface area contributed by atoms with E-state index in [1.807, 2.05) is 13.8 Å². The summed E-state index contributed by atoms with van der Waals surface area (Å²) in [5.74, 6) is 6.06. The number of ether oxygens (including phenoxy) is 2. The molecule has 10 saturated carbocycles. The molecule has 1 saturated heterocycles. The van der Waals surface area contributed by atoms with Gasteiger partial charge in [0.2, 0.25) is 0 Å². The SMILES string of the molecule is C.CC(=O)C12CCCCC1CC1C3CC(C)C4(O)CC(O)CCC4(C)C3CCC12C.CC(=O)OC1CCC2(C)C3CCC4(C)C(CC5CCCCC54C(C)=O)C3CC3OC32C1. The van der Waals surface area contributed by atoms with Crippen molar-refractivity contribution in [3.8, 4) is 0 Å². The van der Waals surface area contributed by atoms with Crippen molar-refractivity contribution in [2.24, 2.45) is 85.8 Å². The summed E-state index contributed by atoms with van der Waals surface area (Å²) in [5.41, 5.74) is -0.527. The van der Waals surface area contributed by atoms with Crippen LogP contribution in [0.5, 0.6) is 0 Å². The molecule has 0 amide bonds. The minimum Gasteiger partial charge on any atom is -0.462 e. The number of Topliss-reactive ketones (excluding diaryl/α,β-unsaturated/α-hetero) is 2. The lowest BCUT2D eigenvalue weighted by molar-refractivity contribution is -0.246. The standard InChI is InChI=1S/C27H40O4.C26H42O3.CH4/c1-16(28)26-10-6-5-7-18(26)13-22-20-14-23-27(31-23)15-19(30-17(2)29)8-11-25(27,4)21(20)9-12-24(22,26)3;1-16-13-20-21(24(4)11-8-19(28)15-26(16,24)29)9-12-23(3)22(20)14-18-7-5-6-10-25(18,23)17(2)27;/h18-23H,5-15H2,1-4H3;16,18-22,28-29H,5-15H2,1-4H3;1H4. The zero-order chi connectivity index (χ0) is 42.6. The summed E-state index contributed by atoms with van der Waals surface area (Å²) < 4.78 is 12.2. The second-order valence-corrected chi connectivity index (χ2v) is 25.1. The van der Waals surface area contributed by atoms with Gasteiger partial charge in [-0.15, -0.1) is 0 Å². The van der Waals surface area contributed by atoms with E-state index >= 15 is 0 Å². The van der Waals surface area contributed by atoms with Crippen molar-refractivity contribution < 1.29 is 34.1 Å². The largest absolute Gasteiger partial charge is 0.462 e. The number of hydrogen-bond acceptors (Lipinski definition) is 7. The first kappa shape index (κ1) is 44.9. The first-order valence-corrected chi connectivity index (χ1v) is 25.6. The molecule has 0 aromatic rings. The summed E-state index contributed by atoms with van der Waals surface area (Å²) in [6, 6.07) is 0. The van der Waals surface area contributed by atoms with E-state index in [1.165, 1.54) is 71.1 Å². The van der Waals surface area contributed by atoms with Crippen LogP contribution >= 0.6 is 0 Å². The molecular formula is C54H86O7. The highest BCUT2D eigenvalue weighted by molar-refractivity contribution is 5.85. The Kier molecular flexibility index (Phi) is 10.7. The second-order valence-electron chi connectivity index (χ2n) is 25.1. The van der Waals surface area contributed by atoms with Crippen LogP contribution in [0.4, 0.5) is 0 Å². The van der Waals surface area contributed by atoms with Gasteiger partial charge in [-0.1, -0.05) is 67.7 Å². The first-order chi connectivity index (χ1) is 28.3. The van der Waals surface area contributed by atoms with Crippen LogP contribution in [0.15, 0.2) is 0 Å². The van der Waals surface area contributed by atoms with Gasteiger partial charge in [0, 0.05) is 36.0 Å². The Labute approximate surface area is 369 Å². The van der Waals surface area contributed by atoms with Gasteiger partial charge < -0.3 is 19.7 Å². The van der Waals surface area contributed by atoms with Crippen molar-refractivity contribution in [1.82, 2.24) is 0 Å². The number of ketones is 2. The maximum atomic E-state index is 13.2. The number of fused-ring (bicyclic) bond motifs is 13. The van der Waals surface area contributed by atoms with Gasteiger partial charge in [0.1, 0.15) is 23.3 Å². The molecule has 2 N–H and O–H groups in total. The van der Waals surface area contributed by atoms with Crippen LogP contribution in [0, 0.1) is 85.8 Å². The summed E-state index contributed by atoms with van der Waals surface area (Å²) >= 11 is 0. The summed E-state index contributed by atoms with van der Waals surface area (Å²) in [6.45, 7) is 17.4. The summed E-state index contributed by atoms with van der Waals surface area (Å²) in [7, 11) is 0. The fraction of sp³-hybridized carbons (Fsp3) is 0.944. The lowest BCUT2D eigenvalue weighted by Gasteiger charge is -2.66. The van der Waals surface area contributed by atoms with Gasteiger partial charge in [-0.25, -0.2) is 0 Å². The first-order valence-electron chi connectivity index (χ1n) is 25.6. The number of hydrogen-bond donors (Lipinski definition) is 2. The molecule has 11 aliphatic rings. The number of carbonyl (C=O) groups is 3.